The number of nitrogens with zero attached hydrogens (tertiary/aromatic N) is 1. The molecular formula is C20H17N. The van der Waals surface area contributed by atoms with Gasteiger partial charge in [-0.1, -0.05) is 42.5 Å². The molecule has 3 aromatic rings. The SMILES string of the molecule is Cc1cc2cc3c(cc2cc1C)N=C(c1ccccc1)C3. The molecule has 0 fully saturated rings. The van der Waals surface area contributed by atoms with E-state index in [0.717, 1.165) is 12.1 Å². The summed E-state index contributed by atoms with van der Waals surface area (Å²) >= 11 is 0. The van der Waals surface area contributed by atoms with Gasteiger partial charge in [0.15, 0.2) is 0 Å². The Labute approximate surface area is 125 Å². The van der Waals surface area contributed by atoms with Crippen molar-refractivity contribution in [2.24, 2.45) is 4.99 Å². The molecule has 0 aliphatic carbocycles. The minimum atomic E-state index is 0.933. The van der Waals surface area contributed by atoms with Crippen LogP contribution < -0.4 is 0 Å². The van der Waals surface area contributed by atoms with Gasteiger partial charge in [-0.3, -0.25) is 4.99 Å². The fourth-order valence-corrected chi connectivity index (χ4v) is 3.02. The summed E-state index contributed by atoms with van der Waals surface area (Å²) in [6.45, 7) is 4.34. The van der Waals surface area contributed by atoms with Gasteiger partial charge in [-0.15, -0.1) is 0 Å². The number of fused-ring (bicyclic) bond motifs is 2. The minimum Gasteiger partial charge on any atom is -0.252 e. The third-order valence-corrected chi connectivity index (χ3v) is 4.37. The maximum absolute atomic E-state index is 4.84. The predicted molar refractivity (Wildman–Crippen MR) is 89.8 cm³/mol. The van der Waals surface area contributed by atoms with Crippen LogP contribution in [0.2, 0.25) is 0 Å². The summed E-state index contributed by atoms with van der Waals surface area (Å²) in [5, 5.41) is 2.61. The summed E-state index contributed by atoms with van der Waals surface area (Å²) in [4.78, 5) is 4.84. The lowest BCUT2D eigenvalue weighted by molar-refractivity contribution is 1.35. The molecule has 1 heterocycles. The van der Waals surface area contributed by atoms with Crippen LogP contribution in [0.3, 0.4) is 0 Å². The van der Waals surface area contributed by atoms with Crippen molar-refractivity contribution in [1.82, 2.24) is 0 Å². The number of aryl methyl sites for hydroxylation is 2. The Bertz CT molecular complexity index is 873. The summed E-state index contributed by atoms with van der Waals surface area (Å²) in [5.41, 5.74) is 7.56. The number of benzene rings is 3. The van der Waals surface area contributed by atoms with Gasteiger partial charge in [0, 0.05) is 6.42 Å². The van der Waals surface area contributed by atoms with Crippen LogP contribution in [-0.4, -0.2) is 5.71 Å². The van der Waals surface area contributed by atoms with E-state index in [1.165, 1.54) is 38.7 Å². The Morgan fingerprint density at radius 2 is 1.48 bits per heavy atom. The van der Waals surface area contributed by atoms with E-state index in [1.807, 2.05) is 6.07 Å². The Balaban J connectivity index is 1.84. The van der Waals surface area contributed by atoms with Crippen molar-refractivity contribution in [2.75, 3.05) is 0 Å². The van der Waals surface area contributed by atoms with Gasteiger partial charge >= 0.3 is 0 Å². The van der Waals surface area contributed by atoms with Crippen LogP contribution >= 0.6 is 0 Å². The molecule has 102 valence electrons. The topological polar surface area (TPSA) is 12.4 Å². The van der Waals surface area contributed by atoms with E-state index < -0.39 is 0 Å². The molecule has 1 aliphatic rings. The zero-order valence-electron chi connectivity index (χ0n) is 12.4. The summed E-state index contributed by atoms with van der Waals surface area (Å²) in [6, 6.07) is 19.5. The lowest BCUT2D eigenvalue weighted by Crippen LogP contribution is -1.99. The first-order valence-corrected chi connectivity index (χ1v) is 7.37. The van der Waals surface area contributed by atoms with Gasteiger partial charge in [-0.05, 0) is 59.0 Å². The van der Waals surface area contributed by atoms with Crippen molar-refractivity contribution in [1.29, 1.82) is 0 Å². The van der Waals surface area contributed by atoms with Gasteiger partial charge in [0.1, 0.15) is 0 Å². The molecule has 0 bridgehead atoms. The second-order valence-corrected chi connectivity index (χ2v) is 5.87. The summed E-state index contributed by atoms with van der Waals surface area (Å²) < 4.78 is 0. The highest BCUT2D eigenvalue weighted by Crippen LogP contribution is 2.33. The van der Waals surface area contributed by atoms with Gasteiger partial charge in [0.2, 0.25) is 0 Å². The van der Waals surface area contributed by atoms with Crippen LogP contribution in [0.4, 0.5) is 5.69 Å². The lowest BCUT2D eigenvalue weighted by Gasteiger charge is -2.06. The molecule has 0 aromatic heterocycles. The maximum atomic E-state index is 4.84. The van der Waals surface area contributed by atoms with Crippen LogP contribution in [0.5, 0.6) is 0 Å². The van der Waals surface area contributed by atoms with Crippen molar-refractivity contribution in [2.45, 2.75) is 20.3 Å². The molecule has 21 heavy (non-hydrogen) atoms. The van der Waals surface area contributed by atoms with Crippen molar-refractivity contribution < 1.29 is 0 Å². The van der Waals surface area contributed by atoms with Crippen LogP contribution in [0.1, 0.15) is 22.3 Å². The van der Waals surface area contributed by atoms with Crippen LogP contribution in [-0.2, 0) is 6.42 Å². The van der Waals surface area contributed by atoms with E-state index in [0.29, 0.717) is 0 Å². The average Bonchev–Trinajstić information content (AvgIpc) is 2.90. The first-order valence-electron chi connectivity index (χ1n) is 7.37. The predicted octanol–water partition coefficient (Wildman–Crippen LogP) is 5.13. The molecule has 1 heteroatoms. The highest BCUT2D eigenvalue weighted by atomic mass is 14.8. The number of aliphatic imine (C=N–C) groups is 1. The maximum Gasteiger partial charge on any atom is 0.0675 e. The van der Waals surface area contributed by atoms with E-state index in [-0.39, 0.29) is 0 Å². The quantitative estimate of drug-likeness (QED) is 0.581. The standard InChI is InChI=1S/C20H17N/c1-13-8-16-10-18-12-19(15-6-4-3-5-7-15)21-20(18)11-17(16)9-14(13)2/h3-11H,12H2,1-2H3. The number of rotatable bonds is 1. The first kappa shape index (κ1) is 12.3. The zero-order chi connectivity index (χ0) is 14.4. The zero-order valence-corrected chi connectivity index (χ0v) is 12.4. The van der Waals surface area contributed by atoms with Crippen LogP contribution in [0.15, 0.2) is 59.6 Å². The molecule has 1 aliphatic heterocycles. The number of hydrogen-bond donors (Lipinski definition) is 0. The molecule has 0 unspecified atom stereocenters. The largest absolute Gasteiger partial charge is 0.252 e. The highest BCUT2D eigenvalue weighted by Gasteiger charge is 2.16. The summed E-state index contributed by atoms with van der Waals surface area (Å²) in [7, 11) is 0. The lowest BCUT2D eigenvalue weighted by atomic mass is 9.98. The normalized spacial score (nSPS) is 13.3. The molecule has 3 aromatic carbocycles. The molecule has 0 saturated heterocycles. The molecule has 0 atom stereocenters. The van der Waals surface area contributed by atoms with E-state index in [9.17, 15) is 0 Å². The van der Waals surface area contributed by atoms with Crippen LogP contribution in [0, 0.1) is 13.8 Å². The van der Waals surface area contributed by atoms with Crippen molar-refractivity contribution >= 4 is 22.2 Å². The van der Waals surface area contributed by atoms with Gasteiger partial charge in [0.05, 0.1) is 11.4 Å². The molecule has 0 amide bonds. The third kappa shape index (κ3) is 2.06. The highest BCUT2D eigenvalue weighted by molar-refractivity contribution is 6.07. The summed E-state index contributed by atoms with van der Waals surface area (Å²) in [5.74, 6) is 0. The Morgan fingerprint density at radius 3 is 2.19 bits per heavy atom. The van der Waals surface area contributed by atoms with E-state index in [1.54, 1.807) is 0 Å². The molecule has 0 N–H and O–H groups in total. The molecule has 0 saturated carbocycles. The van der Waals surface area contributed by atoms with Gasteiger partial charge < -0.3 is 0 Å². The number of hydrogen-bond acceptors (Lipinski definition) is 1. The molecule has 0 spiro atoms. The Morgan fingerprint density at radius 1 is 0.810 bits per heavy atom. The fourth-order valence-electron chi connectivity index (χ4n) is 3.02. The van der Waals surface area contributed by atoms with Crippen LogP contribution in [0.25, 0.3) is 10.8 Å². The third-order valence-electron chi connectivity index (χ3n) is 4.37. The second-order valence-electron chi connectivity index (χ2n) is 5.87. The van der Waals surface area contributed by atoms with E-state index >= 15 is 0 Å². The summed E-state index contributed by atoms with van der Waals surface area (Å²) in [6.07, 6.45) is 0.933. The first-order chi connectivity index (χ1) is 10.2. The van der Waals surface area contributed by atoms with Crippen molar-refractivity contribution in [3.05, 3.63) is 76.9 Å². The molecule has 0 radical (unpaired) electrons. The fraction of sp³-hybridized carbons (Fsp3) is 0.150. The second kappa shape index (κ2) is 4.56. The molecule has 4 rings (SSSR count). The average molecular weight is 271 g/mol. The Hall–Kier alpha value is -2.41. The Kier molecular flexibility index (Phi) is 2.68. The van der Waals surface area contributed by atoms with Gasteiger partial charge in [0.25, 0.3) is 0 Å². The van der Waals surface area contributed by atoms with Crippen molar-refractivity contribution in [3.8, 4) is 0 Å². The molecule has 1 nitrogen and oxygen atoms in total. The van der Waals surface area contributed by atoms with Gasteiger partial charge in [-0.25, -0.2) is 0 Å². The van der Waals surface area contributed by atoms with Gasteiger partial charge in [-0.2, -0.15) is 0 Å². The molecular weight excluding hydrogens is 254 g/mol. The monoisotopic (exact) mass is 271 g/mol. The van der Waals surface area contributed by atoms with Crippen molar-refractivity contribution in [3.63, 3.8) is 0 Å². The minimum absolute atomic E-state index is 0.933. The van der Waals surface area contributed by atoms with E-state index in [4.69, 9.17) is 4.99 Å². The smallest absolute Gasteiger partial charge is 0.0675 e. The van der Waals surface area contributed by atoms with E-state index in [2.05, 4.69) is 62.4 Å².